The van der Waals surface area contributed by atoms with Gasteiger partial charge < -0.3 is 10.1 Å². The molecule has 0 bridgehead atoms. The van der Waals surface area contributed by atoms with Crippen LogP contribution in [0.15, 0.2) is 73.1 Å². The lowest BCUT2D eigenvalue weighted by Crippen LogP contribution is -2.45. The molecule has 0 atom stereocenters. The van der Waals surface area contributed by atoms with E-state index in [1.807, 2.05) is 24.4 Å². The molecule has 1 aliphatic rings. The number of nitrogens with one attached hydrogen (secondary N) is 1. The molecule has 30 heavy (non-hydrogen) atoms. The molecule has 1 saturated heterocycles. The molecule has 0 unspecified atom stereocenters. The maximum absolute atomic E-state index is 13.3. The summed E-state index contributed by atoms with van der Waals surface area (Å²) in [5, 5.41) is 3.07. The largest absolute Gasteiger partial charge is 0.381 e. The summed E-state index contributed by atoms with van der Waals surface area (Å²) in [5.74, 6) is -0.249. The molecular weight excluding hydrogens is 379 g/mol. The Kier molecular flexibility index (Phi) is 6.19. The van der Waals surface area contributed by atoms with E-state index in [-0.39, 0.29) is 11.7 Å². The van der Waals surface area contributed by atoms with Gasteiger partial charge in [0.1, 0.15) is 5.82 Å². The predicted octanol–water partition coefficient (Wildman–Crippen LogP) is 4.54. The number of benzene rings is 2. The fourth-order valence-corrected chi connectivity index (χ4v) is 4.00. The number of pyridine rings is 1. The molecule has 5 heteroatoms. The maximum Gasteiger partial charge on any atom is 0.226 e. The van der Waals surface area contributed by atoms with Crippen molar-refractivity contribution in [2.75, 3.05) is 13.2 Å². The van der Waals surface area contributed by atoms with Crippen molar-refractivity contribution in [3.8, 4) is 11.1 Å². The smallest absolute Gasteiger partial charge is 0.226 e. The van der Waals surface area contributed by atoms with E-state index in [0.717, 1.165) is 22.3 Å². The van der Waals surface area contributed by atoms with Crippen molar-refractivity contribution in [2.45, 2.75) is 25.8 Å². The van der Waals surface area contributed by atoms with Crippen LogP contribution in [0.1, 0.15) is 24.0 Å². The van der Waals surface area contributed by atoms with Crippen molar-refractivity contribution in [1.82, 2.24) is 10.3 Å². The van der Waals surface area contributed by atoms with Gasteiger partial charge in [0.05, 0.1) is 5.41 Å². The number of halogens is 1. The van der Waals surface area contributed by atoms with Crippen LogP contribution in [-0.2, 0) is 22.5 Å². The molecule has 2 aromatic carbocycles. The summed E-state index contributed by atoms with van der Waals surface area (Å²) in [6, 6.07) is 18.5. The minimum Gasteiger partial charge on any atom is -0.381 e. The molecule has 0 aliphatic carbocycles. The summed E-state index contributed by atoms with van der Waals surface area (Å²) in [6.07, 6.45) is 5.62. The molecular formula is C25H25FN2O2. The summed E-state index contributed by atoms with van der Waals surface area (Å²) < 4.78 is 18.7. The average molecular weight is 404 g/mol. The quantitative estimate of drug-likeness (QED) is 0.656. The maximum atomic E-state index is 13.3. The number of ether oxygens (including phenoxy) is 1. The Labute approximate surface area is 176 Å². The number of nitrogens with zero attached hydrogens (tertiary/aromatic N) is 1. The van der Waals surface area contributed by atoms with Gasteiger partial charge in [-0.1, -0.05) is 42.5 Å². The summed E-state index contributed by atoms with van der Waals surface area (Å²) >= 11 is 0. The highest BCUT2D eigenvalue weighted by atomic mass is 19.1. The van der Waals surface area contributed by atoms with Gasteiger partial charge in [-0.15, -0.1) is 0 Å². The van der Waals surface area contributed by atoms with Crippen LogP contribution in [0.25, 0.3) is 11.1 Å². The van der Waals surface area contributed by atoms with Crippen molar-refractivity contribution < 1.29 is 13.9 Å². The number of aromatic nitrogens is 1. The first-order chi connectivity index (χ1) is 14.6. The first kappa shape index (κ1) is 20.2. The second-order valence-corrected chi connectivity index (χ2v) is 7.82. The summed E-state index contributed by atoms with van der Waals surface area (Å²) in [6.45, 7) is 1.54. The van der Waals surface area contributed by atoms with E-state index < -0.39 is 5.41 Å². The summed E-state index contributed by atoms with van der Waals surface area (Å²) in [4.78, 5) is 17.5. The number of carbonyl (C=O) groups excluding carboxylic acids is 1. The lowest BCUT2D eigenvalue weighted by molar-refractivity contribution is -0.136. The van der Waals surface area contributed by atoms with E-state index in [4.69, 9.17) is 4.74 Å². The van der Waals surface area contributed by atoms with Crippen LogP contribution in [0, 0.1) is 11.2 Å². The molecule has 3 aromatic rings. The van der Waals surface area contributed by atoms with Crippen LogP contribution in [0.5, 0.6) is 0 Å². The minimum atomic E-state index is -0.508. The van der Waals surface area contributed by atoms with E-state index in [2.05, 4.69) is 28.5 Å². The standard InChI is InChI=1S/C25H25FN2O2/c26-23-8-6-19(7-9-23)17-28-24(29)25(10-13-30-14-11-25)16-20-3-1-4-21(15-20)22-5-2-12-27-18-22/h1-9,12,15,18H,10-11,13-14,16-17H2,(H,28,29). The molecule has 1 fully saturated rings. The van der Waals surface area contributed by atoms with Gasteiger partial charge in [-0.3, -0.25) is 9.78 Å². The molecule has 0 spiro atoms. The zero-order chi connectivity index (χ0) is 20.8. The molecule has 1 aromatic heterocycles. The van der Waals surface area contributed by atoms with Crippen LogP contribution in [0.3, 0.4) is 0 Å². The predicted molar refractivity (Wildman–Crippen MR) is 114 cm³/mol. The van der Waals surface area contributed by atoms with Gasteiger partial charge in [-0.2, -0.15) is 0 Å². The number of rotatable bonds is 6. The zero-order valence-electron chi connectivity index (χ0n) is 16.8. The zero-order valence-corrected chi connectivity index (χ0v) is 16.8. The Hall–Kier alpha value is -3.05. The fourth-order valence-electron chi connectivity index (χ4n) is 4.00. The first-order valence-electron chi connectivity index (χ1n) is 10.2. The monoisotopic (exact) mass is 404 g/mol. The molecule has 0 radical (unpaired) electrons. The lowest BCUT2D eigenvalue weighted by Gasteiger charge is -2.36. The third-order valence-electron chi connectivity index (χ3n) is 5.76. The van der Waals surface area contributed by atoms with Crippen molar-refractivity contribution in [3.05, 3.63) is 90.0 Å². The van der Waals surface area contributed by atoms with Gasteiger partial charge in [-0.25, -0.2) is 4.39 Å². The van der Waals surface area contributed by atoms with Gasteiger partial charge >= 0.3 is 0 Å². The highest BCUT2D eigenvalue weighted by Crippen LogP contribution is 2.35. The Bertz CT molecular complexity index is 984. The number of carbonyl (C=O) groups is 1. The van der Waals surface area contributed by atoms with Crippen molar-refractivity contribution in [3.63, 3.8) is 0 Å². The van der Waals surface area contributed by atoms with E-state index in [1.165, 1.54) is 12.1 Å². The van der Waals surface area contributed by atoms with Crippen LogP contribution in [0.4, 0.5) is 4.39 Å². The number of hydrogen-bond acceptors (Lipinski definition) is 3. The molecule has 1 N–H and O–H groups in total. The fraction of sp³-hybridized carbons (Fsp3) is 0.280. The van der Waals surface area contributed by atoms with Gasteiger partial charge in [0.25, 0.3) is 0 Å². The summed E-state index contributed by atoms with van der Waals surface area (Å²) in [7, 11) is 0. The lowest BCUT2D eigenvalue weighted by atomic mass is 9.74. The van der Waals surface area contributed by atoms with Crippen LogP contribution >= 0.6 is 0 Å². The third-order valence-corrected chi connectivity index (χ3v) is 5.76. The third kappa shape index (κ3) is 4.74. The minimum absolute atomic E-state index is 0.0295. The van der Waals surface area contributed by atoms with Crippen LogP contribution in [0.2, 0.25) is 0 Å². The van der Waals surface area contributed by atoms with Crippen molar-refractivity contribution in [2.24, 2.45) is 5.41 Å². The Morgan fingerprint density at radius 3 is 2.50 bits per heavy atom. The molecule has 1 aliphatic heterocycles. The molecule has 4 nitrogen and oxygen atoms in total. The summed E-state index contributed by atoms with van der Waals surface area (Å²) in [5.41, 5.74) is 3.64. The van der Waals surface area contributed by atoms with Crippen LogP contribution < -0.4 is 5.32 Å². The van der Waals surface area contributed by atoms with Gasteiger partial charge in [-0.05, 0) is 59.7 Å². The van der Waals surface area contributed by atoms with E-state index in [0.29, 0.717) is 39.0 Å². The highest BCUT2D eigenvalue weighted by Gasteiger charge is 2.40. The second kappa shape index (κ2) is 9.18. The van der Waals surface area contributed by atoms with Crippen molar-refractivity contribution >= 4 is 5.91 Å². The normalized spacial score (nSPS) is 15.5. The van der Waals surface area contributed by atoms with E-state index in [9.17, 15) is 9.18 Å². The van der Waals surface area contributed by atoms with Crippen molar-refractivity contribution in [1.29, 1.82) is 0 Å². The first-order valence-corrected chi connectivity index (χ1v) is 10.2. The SMILES string of the molecule is O=C(NCc1ccc(F)cc1)C1(Cc2cccc(-c3cccnc3)c2)CCOCC1. The Morgan fingerprint density at radius 1 is 1.00 bits per heavy atom. The van der Waals surface area contributed by atoms with E-state index >= 15 is 0 Å². The number of amides is 1. The molecule has 154 valence electrons. The van der Waals surface area contributed by atoms with Gasteiger partial charge in [0.15, 0.2) is 0 Å². The Morgan fingerprint density at radius 2 is 1.77 bits per heavy atom. The van der Waals surface area contributed by atoms with E-state index in [1.54, 1.807) is 18.3 Å². The second-order valence-electron chi connectivity index (χ2n) is 7.82. The number of hydrogen-bond donors (Lipinski definition) is 1. The van der Waals surface area contributed by atoms with Gasteiger partial charge in [0, 0.05) is 32.2 Å². The molecule has 0 saturated carbocycles. The Balaban J connectivity index is 1.52. The molecule has 2 heterocycles. The molecule has 4 rings (SSSR count). The van der Waals surface area contributed by atoms with Gasteiger partial charge in [0.2, 0.25) is 5.91 Å². The topological polar surface area (TPSA) is 51.2 Å². The average Bonchev–Trinajstić information content (AvgIpc) is 2.80. The van der Waals surface area contributed by atoms with Crippen LogP contribution in [-0.4, -0.2) is 24.1 Å². The highest BCUT2D eigenvalue weighted by molar-refractivity contribution is 5.83. The molecule has 1 amide bonds.